The van der Waals surface area contributed by atoms with E-state index in [0.29, 0.717) is 36.1 Å². The van der Waals surface area contributed by atoms with Crippen molar-refractivity contribution in [1.29, 1.82) is 0 Å². The Morgan fingerprint density at radius 1 is 1.03 bits per heavy atom. The number of hydrazone groups is 1. The largest absolute Gasteiger partial charge is 0.493 e. The lowest BCUT2D eigenvalue weighted by Crippen LogP contribution is -2.25. The summed E-state index contributed by atoms with van der Waals surface area (Å²) >= 11 is 19.2. The molecular weight excluding hydrogens is 621 g/mol. The highest BCUT2D eigenvalue weighted by Crippen LogP contribution is 2.42. The number of hydrogen-bond acceptors (Lipinski definition) is 5. The first-order chi connectivity index (χ1) is 16.7. The molecule has 3 aromatic rings. The van der Waals surface area contributed by atoms with Gasteiger partial charge in [0.2, 0.25) is 0 Å². The summed E-state index contributed by atoms with van der Waals surface area (Å²) in [5.41, 5.74) is 7.28. The second-order valence-electron chi connectivity index (χ2n) is 7.61. The molecule has 2 N–H and O–H groups in total. The van der Waals surface area contributed by atoms with E-state index in [1.54, 1.807) is 25.3 Å². The minimum atomic E-state index is -0.275. The summed E-state index contributed by atoms with van der Waals surface area (Å²) in [6.07, 6.45) is 1.52. The van der Waals surface area contributed by atoms with Crippen LogP contribution in [0.5, 0.6) is 11.5 Å². The number of ether oxygens (including phenoxy) is 2. The maximum atomic E-state index is 12.2. The lowest BCUT2D eigenvalue weighted by molar-refractivity contribution is -0.119. The van der Waals surface area contributed by atoms with Crippen LogP contribution < -0.4 is 20.2 Å². The number of aryl methyl sites for hydroxylation is 2. The second-order valence-corrected chi connectivity index (χ2v) is 10.0. The average molecular weight is 644 g/mol. The maximum absolute atomic E-state index is 12.2. The van der Waals surface area contributed by atoms with Crippen LogP contribution in [0.2, 0.25) is 10.0 Å². The van der Waals surface area contributed by atoms with E-state index in [9.17, 15) is 4.79 Å². The van der Waals surface area contributed by atoms with E-state index in [4.69, 9.17) is 32.7 Å². The van der Waals surface area contributed by atoms with E-state index < -0.39 is 0 Å². The molecule has 0 bridgehead atoms. The molecule has 3 rings (SSSR count). The number of rotatable bonds is 9. The smallest absolute Gasteiger partial charge is 0.259 e. The Hall–Kier alpha value is -2.26. The van der Waals surface area contributed by atoms with E-state index in [-0.39, 0.29) is 19.1 Å². The summed E-state index contributed by atoms with van der Waals surface area (Å²) in [5, 5.41) is 8.09. The Morgan fingerprint density at radius 2 is 1.80 bits per heavy atom. The Morgan fingerprint density at radius 3 is 2.49 bits per heavy atom. The molecule has 0 unspecified atom stereocenters. The Bertz CT molecular complexity index is 1270. The van der Waals surface area contributed by atoms with Crippen molar-refractivity contribution in [2.75, 3.05) is 19.0 Å². The molecule has 35 heavy (non-hydrogen) atoms. The minimum absolute atomic E-state index is 0.0928. The molecule has 3 aromatic carbocycles. The second kappa shape index (κ2) is 12.6. The number of carbonyl (C=O) groups is 1. The van der Waals surface area contributed by atoms with Crippen molar-refractivity contribution in [3.8, 4) is 11.5 Å². The van der Waals surface area contributed by atoms with Gasteiger partial charge in [0.25, 0.3) is 5.91 Å². The van der Waals surface area contributed by atoms with Gasteiger partial charge in [0.1, 0.15) is 6.61 Å². The Balaban J connectivity index is 1.64. The zero-order valence-electron chi connectivity index (χ0n) is 19.2. The molecule has 10 heteroatoms. The number of nitrogens with one attached hydrogen (secondary N) is 2. The van der Waals surface area contributed by atoms with Gasteiger partial charge in [-0.25, -0.2) is 5.43 Å². The monoisotopic (exact) mass is 641 g/mol. The SMILES string of the molecule is COc1cc(/C=N\NC(=O)CNc2ccc(C)c(C)c2)c(Br)c(Br)c1OCc1ccc(Cl)c(Cl)c1. The number of anilines is 1. The topological polar surface area (TPSA) is 72.0 Å². The number of amides is 1. The molecule has 0 fully saturated rings. The van der Waals surface area contributed by atoms with Crippen molar-refractivity contribution in [3.63, 3.8) is 0 Å². The van der Waals surface area contributed by atoms with Gasteiger partial charge in [-0.15, -0.1) is 0 Å². The normalized spacial score (nSPS) is 10.9. The number of hydrogen-bond donors (Lipinski definition) is 2. The van der Waals surface area contributed by atoms with Crippen molar-refractivity contribution in [2.24, 2.45) is 5.10 Å². The van der Waals surface area contributed by atoms with Crippen molar-refractivity contribution in [3.05, 3.63) is 83.7 Å². The number of benzene rings is 3. The lowest BCUT2D eigenvalue weighted by Gasteiger charge is -2.15. The molecule has 0 aliphatic heterocycles. The number of nitrogens with zero attached hydrogens (tertiary/aromatic N) is 1. The summed E-state index contributed by atoms with van der Waals surface area (Å²) in [4.78, 5) is 12.2. The van der Waals surface area contributed by atoms with Crippen molar-refractivity contribution in [1.82, 2.24) is 5.43 Å². The van der Waals surface area contributed by atoms with Gasteiger partial charge in [-0.1, -0.05) is 35.3 Å². The summed E-state index contributed by atoms with van der Waals surface area (Å²) in [6, 6.07) is 13.0. The molecule has 0 saturated carbocycles. The van der Waals surface area contributed by atoms with Gasteiger partial charge in [-0.3, -0.25) is 4.79 Å². The number of methoxy groups -OCH3 is 1. The van der Waals surface area contributed by atoms with Crippen molar-refractivity contribution in [2.45, 2.75) is 20.5 Å². The van der Waals surface area contributed by atoms with Crippen LogP contribution in [0.3, 0.4) is 0 Å². The fourth-order valence-corrected chi connectivity index (χ4v) is 4.27. The first-order valence-corrected chi connectivity index (χ1v) is 12.8. The highest BCUT2D eigenvalue weighted by Gasteiger charge is 2.17. The van der Waals surface area contributed by atoms with Crippen LogP contribution in [-0.4, -0.2) is 25.8 Å². The molecule has 0 heterocycles. The molecule has 0 radical (unpaired) electrons. The van der Waals surface area contributed by atoms with Crippen LogP contribution in [0, 0.1) is 13.8 Å². The molecular formula is C25H23Br2Cl2N3O3. The molecule has 0 aliphatic rings. The third-order valence-corrected chi connectivity index (χ3v) is 7.98. The van der Waals surface area contributed by atoms with Crippen molar-refractivity contribution >= 4 is 72.9 Å². The summed E-state index contributed by atoms with van der Waals surface area (Å²) in [5.74, 6) is 0.719. The zero-order chi connectivity index (χ0) is 25.5. The van der Waals surface area contributed by atoms with Gasteiger partial charge >= 0.3 is 0 Å². The highest BCUT2D eigenvalue weighted by molar-refractivity contribution is 9.13. The van der Waals surface area contributed by atoms with Gasteiger partial charge in [-0.2, -0.15) is 5.10 Å². The van der Waals surface area contributed by atoms with Crippen LogP contribution in [-0.2, 0) is 11.4 Å². The van der Waals surface area contributed by atoms with Gasteiger partial charge in [0.05, 0.1) is 34.4 Å². The first kappa shape index (κ1) is 27.3. The molecule has 0 aromatic heterocycles. The standard InChI is InChI=1S/C25H23Br2Cl2N3O3/c1-14-4-6-18(8-15(14)2)30-12-22(33)32-31-11-17-10-21(34-3)25(24(27)23(17)26)35-13-16-5-7-19(28)20(29)9-16/h4-11,30H,12-13H2,1-3H3,(H,32,33)/b31-11-. The quantitative estimate of drug-likeness (QED) is 0.190. The predicted octanol–water partition coefficient (Wildman–Crippen LogP) is 7.29. The molecule has 0 saturated heterocycles. The fraction of sp³-hybridized carbons (Fsp3) is 0.200. The van der Waals surface area contributed by atoms with Crippen LogP contribution in [0.15, 0.2) is 56.5 Å². The fourth-order valence-electron chi connectivity index (χ4n) is 3.02. The van der Waals surface area contributed by atoms with E-state index in [2.05, 4.69) is 47.7 Å². The maximum Gasteiger partial charge on any atom is 0.259 e. The van der Waals surface area contributed by atoms with E-state index in [1.807, 2.05) is 38.1 Å². The number of carbonyl (C=O) groups excluding carboxylic acids is 1. The molecule has 0 atom stereocenters. The van der Waals surface area contributed by atoms with Gasteiger partial charge < -0.3 is 14.8 Å². The van der Waals surface area contributed by atoms with Crippen molar-refractivity contribution < 1.29 is 14.3 Å². The third kappa shape index (κ3) is 7.36. The molecule has 184 valence electrons. The van der Waals surface area contributed by atoms with E-state index >= 15 is 0 Å². The average Bonchev–Trinajstić information content (AvgIpc) is 2.83. The van der Waals surface area contributed by atoms with E-state index in [0.717, 1.165) is 16.8 Å². The predicted molar refractivity (Wildman–Crippen MR) is 149 cm³/mol. The van der Waals surface area contributed by atoms with E-state index in [1.165, 1.54) is 11.8 Å². The van der Waals surface area contributed by atoms with Gasteiger partial charge in [0.15, 0.2) is 11.5 Å². The van der Waals surface area contributed by atoms with Gasteiger partial charge in [-0.05, 0) is 92.7 Å². The van der Waals surface area contributed by atoms with Crippen LogP contribution in [0.4, 0.5) is 5.69 Å². The highest BCUT2D eigenvalue weighted by atomic mass is 79.9. The zero-order valence-corrected chi connectivity index (χ0v) is 23.9. The van der Waals surface area contributed by atoms with Crippen LogP contribution in [0.25, 0.3) is 0 Å². The van der Waals surface area contributed by atoms with Crippen LogP contribution in [0.1, 0.15) is 22.3 Å². The molecule has 0 spiro atoms. The Kier molecular flexibility index (Phi) is 9.86. The summed E-state index contributed by atoms with van der Waals surface area (Å²) in [6.45, 7) is 4.42. The molecule has 6 nitrogen and oxygen atoms in total. The van der Waals surface area contributed by atoms with Gasteiger partial charge in [0, 0.05) is 15.7 Å². The Labute approximate surface area is 231 Å². The third-order valence-electron chi connectivity index (χ3n) is 5.10. The minimum Gasteiger partial charge on any atom is -0.493 e. The molecule has 1 amide bonds. The lowest BCUT2D eigenvalue weighted by atomic mass is 10.1. The summed E-state index contributed by atoms with van der Waals surface area (Å²) in [7, 11) is 1.54. The number of halogens is 4. The molecule has 0 aliphatic carbocycles. The summed E-state index contributed by atoms with van der Waals surface area (Å²) < 4.78 is 12.8. The van der Waals surface area contributed by atoms with Crippen LogP contribution >= 0.6 is 55.1 Å². The first-order valence-electron chi connectivity index (χ1n) is 10.4.